The van der Waals surface area contributed by atoms with Crippen molar-refractivity contribution < 1.29 is 0 Å². The summed E-state index contributed by atoms with van der Waals surface area (Å²) in [6, 6.07) is 8.29. The second-order valence-electron chi connectivity index (χ2n) is 3.22. The molecule has 1 heterocycles. The lowest BCUT2D eigenvalue weighted by atomic mass is 10.2. The number of amidine groups is 1. The van der Waals surface area contributed by atoms with Crippen molar-refractivity contribution >= 4 is 16.9 Å². The van der Waals surface area contributed by atoms with Crippen molar-refractivity contribution in [1.82, 2.24) is 5.32 Å². The minimum Gasteiger partial charge on any atom is -0.363 e. The maximum atomic E-state index is 4.33. The van der Waals surface area contributed by atoms with Crippen molar-refractivity contribution in [3.8, 4) is 0 Å². The fourth-order valence-electron chi connectivity index (χ4n) is 1.34. The third kappa shape index (κ3) is 2.51. The van der Waals surface area contributed by atoms with Gasteiger partial charge in [0.1, 0.15) is 0 Å². The van der Waals surface area contributed by atoms with Gasteiger partial charge in [0.2, 0.25) is 0 Å². The smallest absolute Gasteiger partial charge is 0.157 e. The Bertz CT molecular complexity index is 347. The molecule has 0 atom stereocenters. The van der Waals surface area contributed by atoms with Gasteiger partial charge in [-0.3, -0.25) is 4.99 Å². The summed E-state index contributed by atoms with van der Waals surface area (Å²) in [6.45, 7) is 5.80. The van der Waals surface area contributed by atoms with Crippen molar-refractivity contribution in [2.24, 2.45) is 4.99 Å². The Morgan fingerprint density at radius 3 is 3.14 bits per heavy atom. The predicted octanol–water partition coefficient (Wildman–Crippen LogP) is 2.06. The highest BCUT2D eigenvalue weighted by atomic mass is 32.2. The first-order valence-electron chi connectivity index (χ1n) is 4.66. The van der Waals surface area contributed by atoms with Gasteiger partial charge in [0.05, 0.1) is 6.54 Å². The van der Waals surface area contributed by atoms with E-state index in [9.17, 15) is 0 Å². The van der Waals surface area contributed by atoms with Gasteiger partial charge in [0.15, 0.2) is 5.17 Å². The maximum absolute atomic E-state index is 4.33. The zero-order valence-electron chi connectivity index (χ0n) is 7.99. The van der Waals surface area contributed by atoms with Crippen molar-refractivity contribution in [2.45, 2.75) is 5.75 Å². The summed E-state index contributed by atoms with van der Waals surface area (Å²) in [4.78, 5) is 4.33. The van der Waals surface area contributed by atoms with E-state index in [1.54, 1.807) is 11.8 Å². The lowest BCUT2D eigenvalue weighted by molar-refractivity contribution is 0.963. The zero-order valence-corrected chi connectivity index (χ0v) is 8.81. The van der Waals surface area contributed by atoms with Crippen LogP contribution in [0.15, 0.2) is 29.3 Å². The topological polar surface area (TPSA) is 24.4 Å². The van der Waals surface area contributed by atoms with Crippen molar-refractivity contribution in [2.75, 3.05) is 13.1 Å². The minimum atomic E-state index is 0.914. The van der Waals surface area contributed by atoms with Gasteiger partial charge in [-0.15, -0.1) is 0 Å². The molecule has 3 heteroatoms. The van der Waals surface area contributed by atoms with Crippen LogP contribution in [0.25, 0.3) is 0 Å². The van der Waals surface area contributed by atoms with E-state index in [1.807, 2.05) is 12.1 Å². The molecule has 0 aliphatic carbocycles. The van der Waals surface area contributed by atoms with Gasteiger partial charge >= 0.3 is 0 Å². The number of hydrogen-bond acceptors (Lipinski definition) is 3. The molecule has 14 heavy (non-hydrogen) atoms. The molecule has 0 unspecified atom stereocenters. The average molecular weight is 205 g/mol. The standard InChI is InChI=1S/C11H13N2S/c1-9-3-2-4-10(7-9)8-14-11-12-5-6-13-11/h2-4,7H,1,5-6,8H2,(H,12,13). The summed E-state index contributed by atoms with van der Waals surface area (Å²) in [5.74, 6) is 0.967. The molecular weight excluding hydrogens is 192 g/mol. The van der Waals surface area contributed by atoms with E-state index in [2.05, 4.69) is 29.4 Å². The summed E-state index contributed by atoms with van der Waals surface area (Å²) in [7, 11) is 0. The van der Waals surface area contributed by atoms with Crippen LogP contribution in [0, 0.1) is 6.92 Å². The third-order valence-electron chi connectivity index (χ3n) is 2.01. The second-order valence-corrected chi connectivity index (χ2v) is 4.19. The predicted molar refractivity (Wildman–Crippen MR) is 62.5 cm³/mol. The molecule has 1 aliphatic heterocycles. The molecule has 2 nitrogen and oxygen atoms in total. The number of thioether (sulfide) groups is 1. The van der Waals surface area contributed by atoms with Gasteiger partial charge in [-0.05, 0) is 18.1 Å². The van der Waals surface area contributed by atoms with Gasteiger partial charge < -0.3 is 5.32 Å². The van der Waals surface area contributed by atoms with Crippen LogP contribution >= 0.6 is 11.8 Å². The highest BCUT2D eigenvalue weighted by molar-refractivity contribution is 8.13. The number of nitrogens with zero attached hydrogens (tertiary/aromatic N) is 1. The molecule has 0 fully saturated rings. The first kappa shape index (κ1) is 9.59. The molecule has 0 spiro atoms. The molecule has 1 radical (unpaired) electrons. The van der Waals surface area contributed by atoms with Gasteiger partial charge in [-0.25, -0.2) is 0 Å². The Balaban J connectivity index is 1.91. The Morgan fingerprint density at radius 2 is 2.43 bits per heavy atom. The fourth-order valence-corrected chi connectivity index (χ4v) is 2.21. The molecule has 1 aromatic carbocycles. The molecule has 2 rings (SSSR count). The quantitative estimate of drug-likeness (QED) is 0.799. The summed E-state index contributed by atoms with van der Waals surface area (Å²) in [5.41, 5.74) is 2.38. The van der Waals surface area contributed by atoms with E-state index in [1.165, 1.54) is 5.56 Å². The molecule has 73 valence electrons. The molecule has 1 aromatic rings. The minimum absolute atomic E-state index is 0.914. The van der Waals surface area contributed by atoms with E-state index in [-0.39, 0.29) is 0 Å². The largest absolute Gasteiger partial charge is 0.363 e. The molecule has 0 amide bonds. The van der Waals surface area contributed by atoms with Gasteiger partial charge in [0.25, 0.3) is 0 Å². The van der Waals surface area contributed by atoms with Crippen LogP contribution in [-0.4, -0.2) is 18.3 Å². The highest BCUT2D eigenvalue weighted by Crippen LogP contribution is 2.15. The Labute approximate surface area is 88.8 Å². The van der Waals surface area contributed by atoms with Crippen LogP contribution in [0.1, 0.15) is 11.1 Å². The number of benzene rings is 1. The lowest BCUT2D eigenvalue weighted by Crippen LogP contribution is -2.14. The van der Waals surface area contributed by atoms with E-state index in [4.69, 9.17) is 0 Å². The van der Waals surface area contributed by atoms with Crippen molar-refractivity contribution in [3.63, 3.8) is 0 Å². The number of aliphatic imine (C=N–C) groups is 1. The highest BCUT2D eigenvalue weighted by Gasteiger charge is 2.05. The Morgan fingerprint density at radius 1 is 1.50 bits per heavy atom. The Hall–Kier alpha value is -0.960. The lowest BCUT2D eigenvalue weighted by Gasteiger charge is -2.02. The van der Waals surface area contributed by atoms with E-state index < -0.39 is 0 Å². The summed E-state index contributed by atoms with van der Waals surface area (Å²) >= 11 is 1.76. The molecule has 0 aromatic heterocycles. The maximum Gasteiger partial charge on any atom is 0.157 e. The molecule has 0 saturated heterocycles. The third-order valence-corrected chi connectivity index (χ3v) is 3.03. The van der Waals surface area contributed by atoms with Crippen LogP contribution in [0.5, 0.6) is 0 Å². The van der Waals surface area contributed by atoms with Crippen molar-refractivity contribution in [3.05, 3.63) is 42.3 Å². The molecular formula is C11H13N2S. The zero-order chi connectivity index (χ0) is 9.80. The second kappa shape index (κ2) is 4.51. The SMILES string of the molecule is [CH2]c1cccc(CSC2=NCCN2)c1. The van der Waals surface area contributed by atoms with Gasteiger partial charge in [-0.2, -0.15) is 0 Å². The summed E-state index contributed by atoms with van der Waals surface area (Å²) < 4.78 is 0. The Kier molecular flexibility index (Phi) is 3.09. The first-order chi connectivity index (χ1) is 6.84. The molecule has 0 saturated carbocycles. The van der Waals surface area contributed by atoms with Crippen LogP contribution in [-0.2, 0) is 5.75 Å². The van der Waals surface area contributed by atoms with E-state index >= 15 is 0 Å². The van der Waals surface area contributed by atoms with Crippen LogP contribution in [0.4, 0.5) is 0 Å². The van der Waals surface area contributed by atoms with Crippen LogP contribution in [0.3, 0.4) is 0 Å². The van der Waals surface area contributed by atoms with E-state index in [0.29, 0.717) is 0 Å². The normalized spacial score (nSPS) is 15.1. The molecule has 1 aliphatic rings. The molecule has 1 N–H and O–H groups in total. The van der Waals surface area contributed by atoms with Crippen LogP contribution in [0.2, 0.25) is 0 Å². The van der Waals surface area contributed by atoms with Crippen molar-refractivity contribution in [1.29, 1.82) is 0 Å². The molecule has 0 bridgehead atoms. The number of rotatable bonds is 2. The van der Waals surface area contributed by atoms with Gasteiger partial charge in [-0.1, -0.05) is 36.0 Å². The fraction of sp³-hybridized carbons (Fsp3) is 0.273. The number of hydrogen-bond donors (Lipinski definition) is 1. The van der Waals surface area contributed by atoms with Gasteiger partial charge in [0, 0.05) is 12.3 Å². The average Bonchev–Trinajstić information content (AvgIpc) is 2.67. The summed E-state index contributed by atoms with van der Waals surface area (Å²) in [5, 5.41) is 4.31. The van der Waals surface area contributed by atoms with E-state index in [0.717, 1.165) is 29.6 Å². The number of nitrogens with one attached hydrogen (secondary N) is 1. The first-order valence-corrected chi connectivity index (χ1v) is 5.65. The van der Waals surface area contributed by atoms with Crippen LogP contribution < -0.4 is 5.32 Å². The summed E-state index contributed by atoms with van der Waals surface area (Å²) in [6.07, 6.45) is 0. The monoisotopic (exact) mass is 205 g/mol.